The van der Waals surface area contributed by atoms with Crippen molar-refractivity contribution in [3.8, 4) is 16.8 Å². The van der Waals surface area contributed by atoms with E-state index >= 15 is 0 Å². The van der Waals surface area contributed by atoms with Crippen molar-refractivity contribution in [3.05, 3.63) is 119 Å². The maximum atomic E-state index is 13.4. The van der Waals surface area contributed by atoms with Gasteiger partial charge < -0.3 is 5.32 Å². The van der Waals surface area contributed by atoms with Crippen molar-refractivity contribution in [1.29, 1.82) is 0 Å². The van der Waals surface area contributed by atoms with Crippen LogP contribution in [0.3, 0.4) is 0 Å². The highest BCUT2D eigenvalue weighted by atomic mass is 32.2. The number of fused-ring (bicyclic) bond motifs is 1. The minimum atomic E-state index is -0.170. The van der Waals surface area contributed by atoms with Gasteiger partial charge in [-0.05, 0) is 42.8 Å². The van der Waals surface area contributed by atoms with Crippen molar-refractivity contribution in [2.24, 2.45) is 0 Å². The Hall–Kier alpha value is -4.16. The monoisotopic (exact) mass is 477 g/mol. The number of hydrogen-bond acceptors (Lipinski definition) is 4. The van der Waals surface area contributed by atoms with Crippen LogP contribution in [0.2, 0.25) is 0 Å². The van der Waals surface area contributed by atoms with Gasteiger partial charge in [0.2, 0.25) is 5.91 Å². The van der Waals surface area contributed by atoms with Gasteiger partial charge in [-0.2, -0.15) is 0 Å². The minimum Gasteiger partial charge on any atom is -0.325 e. The molecule has 0 unspecified atom stereocenters. The molecule has 0 fully saturated rings. The number of anilines is 1. The van der Waals surface area contributed by atoms with E-state index in [9.17, 15) is 9.59 Å². The first-order valence-corrected chi connectivity index (χ1v) is 12.2. The molecule has 0 radical (unpaired) electrons. The Labute approximate surface area is 207 Å². The molecule has 35 heavy (non-hydrogen) atoms. The highest BCUT2D eigenvalue weighted by molar-refractivity contribution is 7.99. The molecule has 1 amide bonds. The van der Waals surface area contributed by atoms with Crippen LogP contribution in [-0.2, 0) is 4.79 Å². The van der Waals surface area contributed by atoms with Gasteiger partial charge in [0.15, 0.2) is 5.16 Å². The summed E-state index contributed by atoms with van der Waals surface area (Å²) < 4.78 is 1.58. The third-order valence-electron chi connectivity index (χ3n) is 5.66. The Balaban J connectivity index is 1.44. The van der Waals surface area contributed by atoms with E-state index in [4.69, 9.17) is 4.98 Å². The van der Waals surface area contributed by atoms with Crippen molar-refractivity contribution < 1.29 is 4.79 Å². The molecule has 0 aliphatic heterocycles. The number of nitrogens with one attached hydrogen (secondary N) is 1. The number of carbonyl (C=O) groups excluding carboxylic acids is 1. The molecule has 4 aromatic carbocycles. The second-order valence-electron chi connectivity index (χ2n) is 8.14. The highest BCUT2D eigenvalue weighted by Gasteiger charge is 2.15. The molecule has 5 nitrogen and oxygen atoms in total. The van der Waals surface area contributed by atoms with Crippen LogP contribution in [0.5, 0.6) is 0 Å². The molecule has 172 valence electrons. The number of aryl methyl sites for hydroxylation is 1. The number of hydrogen-bond donors (Lipinski definition) is 1. The summed E-state index contributed by atoms with van der Waals surface area (Å²) in [7, 11) is 0. The van der Waals surface area contributed by atoms with Gasteiger partial charge in [-0.1, -0.05) is 90.1 Å². The zero-order chi connectivity index (χ0) is 24.2. The van der Waals surface area contributed by atoms with Gasteiger partial charge >= 0.3 is 0 Å². The minimum absolute atomic E-state index is 0.111. The van der Waals surface area contributed by atoms with Gasteiger partial charge in [0, 0.05) is 11.3 Å². The van der Waals surface area contributed by atoms with Crippen LogP contribution < -0.4 is 10.9 Å². The molecule has 0 saturated carbocycles. The van der Waals surface area contributed by atoms with E-state index in [1.807, 2.05) is 104 Å². The Morgan fingerprint density at radius 2 is 1.54 bits per heavy atom. The van der Waals surface area contributed by atoms with E-state index in [1.165, 1.54) is 11.8 Å². The summed E-state index contributed by atoms with van der Waals surface area (Å²) >= 11 is 1.24. The van der Waals surface area contributed by atoms with Gasteiger partial charge in [-0.15, -0.1) is 0 Å². The number of carbonyl (C=O) groups is 1. The van der Waals surface area contributed by atoms with Crippen molar-refractivity contribution in [3.63, 3.8) is 0 Å². The number of aromatic nitrogens is 2. The van der Waals surface area contributed by atoms with E-state index in [0.717, 1.165) is 28.1 Å². The van der Waals surface area contributed by atoms with E-state index in [1.54, 1.807) is 10.6 Å². The molecule has 6 heteroatoms. The van der Waals surface area contributed by atoms with Gasteiger partial charge in [0.1, 0.15) is 0 Å². The average Bonchev–Trinajstić information content (AvgIpc) is 2.89. The van der Waals surface area contributed by atoms with Crippen LogP contribution in [0.1, 0.15) is 5.56 Å². The third-order valence-corrected chi connectivity index (χ3v) is 6.59. The average molecular weight is 478 g/mol. The summed E-state index contributed by atoms with van der Waals surface area (Å²) in [5, 5.41) is 4.04. The second kappa shape index (κ2) is 9.99. The van der Waals surface area contributed by atoms with Crippen LogP contribution in [0, 0.1) is 6.92 Å². The summed E-state index contributed by atoms with van der Waals surface area (Å²) in [4.78, 5) is 31.1. The predicted octanol–water partition coefficient (Wildman–Crippen LogP) is 6.09. The number of amides is 1. The van der Waals surface area contributed by atoms with E-state index in [-0.39, 0.29) is 17.2 Å². The smallest absolute Gasteiger partial charge is 0.266 e. The molecule has 5 aromatic rings. The summed E-state index contributed by atoms with van der Waals surface area (Å²) in [6.45, 7) is 2.00. The number of para-hydroxylation sites is 2. The number of thioether (sulfide) groups is 1. The fourth-order valence-corrected chi connectivity index (χ4v) is 4.72. The molecule has 1 N–H and O–H groups in total. The first-order valence-electron chi connectivity index (χ1n) is 11.3. The quantitative estimate of drug-likeness (QED) is 0.237. The number of rotatable bonds is 6. The van der Waals surface area contributed by atoms with Crippen molar-refractivity contribution in [2.75, 3.05) is 11.1 Å². The topological polar surface area (TPSA) is 64.0 Å². The summed E-state index contributed by atoms with van der Waals surface area (Å²) in [5.41, 5.74) is 4.99. The van der Waals surface area contributed by atoms with E-state index in [2.05, 4.69) is 5.32 Å². The molecular weight excluding hydrogens is 454 g/mol. The number of nitrogens with zero attached hydrogens (tertiary/aromatic N) is 2. The molecule has 0 bridgehead atoms. The molecule has 0 spiro atoms. The third kappa shape index (κ3) is 4.88. The molecule has 5 rings (SSSR count). The highest BCUT2D eigenvalue weighted by Crippen LogP contribution is 2.28. The first kappa shape index (κ1) is 22.6. The van der Waals surface area contributed by atoms with Crippen molar-refractivity contribution in [2.45, 2.75) is 12.1 Å². The summed E-state index contributed by atoms with van der Waals surface area (Å²) in [5.74, 6) is -0.0593. The van der Waals surface area contributed by atoms with Crippen LogP contribution in [0.4, 0.5) is 5.69 Å². The molecule has 1 aromatic heterocycles. The second-order valence-corrected chi connectivity index (χ2v) is 9.08. The Bertz CT molecular complexity index is 1560. The summed E-state index contributed by atoms with van der Waals surface area (Å²) in [6, 6.07) is 32.6. The SMILES string of the molecule is Cc1ccc(-n2c(SCC(=O)Nc3ccccc3-c3ccccc3)nc3ccccc3c2=O)cc1. The molecular formula is C29H23N3O2S. The Morgan fingerprint density at radius 1 is 0.857 bits per heavy atom. The zero-order valence-corrected chi connectivity index (χ0v) is 20.0. The van der Waals surface area contributed by atoms with Crippen LogP contribution >= 0.6 is 11.8 Å². The maximum absolute atomic E-state index is 13.4. The standard InChI is InChI=1S/C29H23N3O2S/c1-20-15-17-22(18-16-20)32-28(34)24-12-6-8-14-26(24)31-29(32)35-19-27(33)30-25-13-7-5-11-23(25)21-9-3-2-4-10-21/h2-18H,19H2,1H3,(H,30,33). The molecule has 0 saturated heterocycles. The van der Waals surface area contributed by atoms with Crippen LogP contribution in [0.25, 0.3) is 27.7 Å². The van der Waals surface area contributed by atoms with Crippen LogP contribution in [-0.4, -0.2) is 21.2 Å². The van der Waals surface area contributed by atoms with E-state index < -0.39 is 0 Å². The van der Waals surface area contributed by atoms with Gasteiger partial charge in [-0.3, -0.25) is 14.2 Å². The molecule has 0 aliphatic carbocycles. The predicted molar refractivity (Wildman–Crippen MR) is 143 cm³/mol. The lowest BCUT2D eigenvalue weighted by atomic mass is 10.0. The largest absolute Gasteiger partial charge is 0.325 e. The maximum Gasteiger partial charge on any atom is 0.266 e. The normalized spacial score (nSPS) is 10.9. The molecule has 1 heterocycles. The van der Waals surface area contributed by atoms with E-state index in [0.29, 0.717) is 16.1 Å². The Morgan fingerprint density at radius 3 is 2.34 bits per heavy atom. The lowest BCUT2D eigenvalue weighted by Crippen LogP contribution is -2.23. The zero-order valence-electron chi connectivity index (χ0n) is 19.1. The fraction of sp³-hybridized carbons (Fsp3) is 0.0690. The summed E-state index contributed by atoms with van der Waals surface area (Å²) in [6.07, 6.45) is 0. The van der Waals surface area contributed by atoms with Gasteiger partial charge in [-0.25, -0.2) is 4.98 Å². The lowest BCUT2D eigenvalue weighted by Gasteiger charge is -2.14. The fourth-order valence-electron chi connectivity index (χ4n) is 3.91. The van der Waals surface area contributed by atoms with Crippen molar-refractivity contribution >= 4 is 34.3 Å². The van der Waals surface area contributed by atoms with Crippen molar-refractivity contribution in [1.82, 2.24) is 9.55 Å². The molecule has 0 atom stereocenters. The Kier molecular flexibility index (Phi) is 6.46. The van der Waals surface area contributed by atoms with Crippen LogP contribution in [0.15, 0.2) is 113 Å². The lowest BCUT2D eigenvalue weighted by molar-refractivity contribution is -0.113. The molecule has 0 aliphatic rings. The number of benzene rings is 4. The van der Waals surface area contributed by atoms with Gasteiger partial charge in [0.25, 0.3) is 5.56 Å². The first-order chi connectivity index (χ1) is 17.1. The van der Waals surface area contributed by atoms with Gasteiger partial charge in [0.05, 0.1) is 22.3 Å².